The highest BCUT2D eigenvalue weighted by molar-refractivity contribution is 5.43. The monoisotopic (exact) mass is 295 g/mol. The van der Waals surface area contributed by atoms with Crippen LogP contribution >= 0.6 is 0 Å². The summed E-state index contributed by atoms with van der Waals surface area (Å²) in [5.41, 5.74) is 0. The molecule has 0 aliphatic rings. The molecule has 0 fully saturated rings. The van der Waals surface area contributed by atoms with E-state index in [0.717, 1.165) is 45.0 Å². The van der Waals surface area contributed by atoms with E-state index in [4.69, 9.17) is 0 Å². The summed E-state index contributed by atoms with van der Waals surface area (Å²) in [5, 5.41) is 6.28. The maximum Gasteiger partial charge on any atom is 0.231 e. The van der Waals surface area contributed by atoms with Gasteiger partial charge in [0.15, 0.2) is 0 Å². The molecule has 21 heavy (non-hydrogen) atoms. The Morgan fingerprint density at radius 1 is 0.952 bits per heavy atom. The van der Waals surface area contributed by atoms with Crippen LogP contribution in [0.3, 0.4) is 0 Å². The zero-order valence-corrected chi connectivity index (χ0v) is 14.0. The highest BCUT2D eigenvalue weighted by Crippen LogP contribution is 2.13. The fourth-order valence-corrected chi connectivity index (χ4v) is 1.96. The van der Waals surface area contributed by atoms with E-state index in [1.165, 1.54) is 0 Å². The third kappa shape index (κ3) is 6.12. The van der Waals surface area contributed by atoms with Crippen LogP contribution in [-0.4, -0.2) is 67.2 Å². The van der Waals surface area contributed by atoms with E-state index in [0.29, 0.717) is 11.9 Å². The minimum absolute atomic E-state index is 0.600. The molecule has 0 atom stereocenters. The quantitative estimate of drug-likeness (QED) is 0.634. The highest BCUT2D eigenvalue weighted by Gasteiger charge is 2.10. The van der Waals surface area contributed by atoms with Gasteiger partial charge in [-0.1, -0.05) is 0 Å². The summed E-state index contributed by atoms with van der Waals surface area (Å²) < 4.78 is 0. The van der Waals surface area contributed by atoms with Crippen molar-refractivity contribution in [1.29, 1.82) is 0 Å². The van der Waals surface area contributed by atoms with Crippen molar-refractivity contribution in [3.05, 3.63) is 0 Å². The molecule has 0 aliphatic carbocycles. The highest BCUT2D eigenvalue weighted by atomic mass is 15.3. The van der Waals surface area contributed by atoms with Gasteiger partial charge in [-0.25, -0.2) is 0 Å². The van der Waals surface area contributed by atoms with Crippen LogP contribution in [0.5, 0.6) is 0 Å². The van der Waals surface area contributed by atoms with Crippen molar-refractivity contribution in [3.8, 4) is 0 Å². The average molecular weight is 295 g/mol. The molecular weight excluding hydrogens is 266 g/mol. The fourth-order valence-electron chi connectivity index (χ4n) is 1.96. The van der Waals surface area contributed by atoms with Gasteiger partial charge in [0.1, 0.15) is 0 Å². The molecule has 0 saturated carbocycles. The normalized spacial score (nSPS) is 10.8. The predicted octanol–water partition coefficient (Wildman–Crippen LogP) is 1.51. The lowest BCUT2D eigenvalue weighted by Crippen LogP contribution is -2.25. The Balaban J connectivity index is 2.62. The van der Waals surface area contributed by atoms with Crippen molar-refractivity contribution in [1.82, 2.24) is 19.9 Å². The lowest BCUT2D eigenvalue weighted by atomic mass is 10.3. The van der Waals surface area contributed by atoms with E-state index < -0.39 is 0 Å². The second-order valence-corrected chi connectivity index (χ2v) is 5.14. The first kappa shape index (κ1) is 17.4. The molecule has 0 aromatic carbocycles. The molecule has 0 saturated heterocycles. The summed E-state index contributed by atoms with van der Waals surface area (Å²) in [5.74, 6) is 1.96. The lowest BCUT2D eigenvalue weighted by molar-refractivity contribution is 0.396. The molecule has 0 radical (unpaired) electrons. The number of rotatable bonds is 10. The fraction of sp³-hybridized carbons (Fsp3) is 0.786. The van der Waals surface area contributed by atoms with Crippen LogP contribution in [0.1, 0.15) is 26.7 Å². The van der Waals surface area contributed by atoms with E-state index in [2.05, 4.69) is 63.3 Å². The van der Waals surface area contributed by atoms with Crippen LogP contribution in [0.4, 0.5) is 17.8 Å². The van der Waals surface area contributed by atoms with E-state index in [-0.39, 0.29) is 0 Å². The predicted molar refractivity (Wildman–Crippen MR) is 89.2 cm³/mol. The first-order valence-electron chi connectivity index (χ1n) is 7.68. The van der Waals surface area contributed by atoms with Gasteiger partial charge in [0.2, 0.25) is 17.8 Å². The molecule has 1 heterocycles. The lowest BCUT2D eigenvalue weighted by Gasteiger charge is -2.19. The maximum absolute atomic E-state index is 4.50. The molecule has 0 aliphatic heterocycles. The van der Waals surface area contributed by atoms with Crippen molar-refractivity contribution < 1.29 is 0 Å². The van der Waals surface area contributed by atoms with Gasteiger partial charge in [0.05, 0.1) is 0 Å². The topological polar surface area (TPSA) is 69.2 Å². The minimum atomic E-state index is 0.600. The van der Waals surface area contributed by atoms with Gasteiger partial charge < -0.3 is 20.4 Å². The maximum atomic E-state index is 4.50. The second-order valence-electron chi connectivity index (χ2n) is 5.14. The Morgan fingerprint density at radius 2 is 1.62 bits per heavy atom. The molecule has 7 nitrogen and oxygen atoms in total. The molecule has 2 N–H and O–H groups in total. The molecule has 0 spiro atoms. The zero-order chi connectivity index (χ0) is 15.7. The van der Waals surface area contributed by atoms with Crippen LogP contribution < -0.4 is 15.5 Å². The van der Waals surface area contributed by atoms with Gasteiger partial charge in [-0.05, 0) is 47.3 Å². The smallest absolute Gasteiger partial charge is 0.231 e. The zero-order valence-electron chi connectivity index (χ0n) is 14.0. The van der Waals surface area contributed by atoms with Gasteiger partial charge in [-0.2, -0.15) is 15.0 Å². The van der Waals surface area contributed by atoms with Gasteiger partial charge in [-0.3, -0.25) is 0 Å². The van der Waals surface area contributed by atoms with Crippen LogP contribution in [-0.2, 0) is 0 Å². The first-order valence-corrected chi connectivity index (χ1v) is 7.68. The van der Waals surface area contributed by atoms with Gasteiger partial charge >= 0.3 is 0 Å². The number of hydrogen-bond donors (Lipinski definition) is 2. The van der Waals surface area contributed by atoms with Crippen molar-refractivity contribution in [2.24, 2.45) is 0 Å². The molecule has 1 aromatic rings. The Hall–Kier alpha value is -1.63. The van der Waals surface area contributed by atoms with Gasteiger partial charge in [0, 0.05) is 26.7 Å². The SMILES string of the molecule is CCN(CC)c1nc(NC)nc(NCCCCN(C)C)n1. The summed E-state index contributed by atoms with van der Waals surface area (Å²) in [6.45, 7) is 7.93. The van der Waals surface area contributed by atoms with Crippen LogP contribution in [0.2, 0.25) is 0 Å². The molecule has 0 unspecified atom stereocenters. The largest absolute Gasteiger partial charge is 0.357 e. The summed E-state index contributed by atoms with van der Waals surface area (Å²) in [6.07, 6.45) is 2.26. The Morgan fingerprint density at radius 3 is 2.19 bits per heavy atom. The number of nitrogens with one attached hydrogen (secondary N) is 2. The van der Waals surface area contributed by atoms with E-state index in [1.807, 2.05) is 7.05 Å². The number of aromatic nitrogens is 3. The Bertz CT molecular complexity index is 404. The molecule has 0 bridgehead atoms. The van der Waals surface area contributed by atoms with Crippen molar-refractivity contribution >= 4 is 17.8 Å². The van der Waals surface area contributed by atoms with Crippen molar-refractivity contribution in [3.63, 3.8) is 0 Å². The average Bonchev–Trinajstić information content (AvgIpc) is 2.47. The first-order chi connectivity index (χ1) is 10.1. The molecular formula is C14H29N7. The number of anilines is 3. The third-order valence-corrected chi connectivity index (χ3v) is 3.21. The van der Waals surface area contributed by atoms with E-state index in [9.17, 15) is 0 Å². The second kappa shape index (κ2) is 9.33. The number of hydrogen-bond acceptors (Lipinski definition) is 7. The summed E-state index contributed by atoms with van der Waals surface area (Å²) in [6, 6.07) is 0. The van der Waals surface area contributed by atoms with Crippen LogP contribution in [0.15, 0.2) is 0 Å². The number of unbranched alkanes of at least 4 members (excludes halogenated alkanes) is 1. The molecule has 7 heteroatoms. The van der Waals surface area contributed by atoms with E-state index >= 15 is 0 Å². The number of nitrogens with zero attached hydrogens (tertiary/aromatic N) is 5. The molecule has 120 valence electrons. The van der Waals surface area contributed by atoms with Crippen molar-refractivity contribution in [2.75, 3.05) is 62.9 Å². The molecule has 0 amide bonds. The minimum Gasteiger partial charge on any atom is -0.357 e. The third-order valence-electron chi connectivity index (χ3n) is 3.21. The van der Waals surface area contributed by atoms with Gasteiger partial charge in [-0.15, -0.1) is 0 Å². The van der Waals surface area contributed by atoms with Crippen LogP contribution in [0, 0.1) is 0 Å². The van der Waals surface area contributed by atoms with Crippen molar-refractivity contribution in [2.45, 2.75) is 26.7 Å². The molecule has 1 aromatic heterocycles. The summed E-state index contributed by atoms with van der Waals surface area (Å²) in [7, 11) is 6.01. The van der Waals surface area contributed by atoms with Gasteiger partial charge in [0.25, 0.3) is 0 Å². The van der Waals surface area contributed by atoms with E-state index in [1.54, 1.807) is 0 Å². The summed E-state index contributed by atoms with van der Waals surface area (Å²) >= 11 is 0. The van der Waals surface area contributed by atoms with Crippen LogP contribution in [0.25, 0.3) is 0 Å². The molecule has 1 rings (SSSR count). The Kier molecular flexibility index (Phi) is 7.74. The standard InChI is InChI=1S/C14H29N7/c1-6-21(7-2)14-18-12(15-3)17-13(19-14)16-10-8-9-11-20(4)5/h6-11H2,1-5H3,(H2,15,16,17,18,19). The Labute approximate surface area is 128 Å². The summed E-state index contributed by atoms with van der Waals surface area (Å²) in [4.78, 5) is 17.6.